The van der Waals surface area contributed by atoms with Gasteiger partial charge < -0.3 is 10.5 Å². The first-order valence-electron chi connectivity index (χ1n) is 6.70. The Hall–Kier alpha value is -1.81. The molecule has 4 nitrogen and oxygen atoms in total. The van der Waals surface area contributed by atoms with Crippen molar-refractivity contribution >= 4 is 16.6 Å². The summed E-state index contributed by atoms with van der Waals surface area (Å²) in [4.78, 5) is 12.3. The number of nitrogens with two attached hydrogens (primary N) is 1. The van der Waals surface area contributed by atoms with E-state index in [1.807, 2.05) is 30.3 Å². The lowest BCUT2D eigenvalue weighted by Crippen LogP contribution is -2.25. The minimum absolute atomic E-state index is 0.0466. The van der Waals surface area contributed by atoms with E-state index in [9.17, 15) is 4.79 Å². The summed E-state index contributed by atoms with van der Waals surface area (Å²) in [5.74, 6) is 0.489. The number of unbranched alkanes of at least 4 members (excludes halogenated alkanes) is 1. The largest absolute Gasteiger partial charge is 0.385 e. The second kappa shape index (κ2) is 6.38. The molecule has 102 valence electrons. The molecule has 0 unspecified atom stereocenters. The Morgan fingerprint density at radius 3 is 2.84 bits per heavy atom. The Balaban J connectivity index is 2.16. The summed E-state index contributed by atoms with van der Waals surface area (Å²) in [5.41, 5.74) is 5.89. The van der Waals surface area contributed by atoms with E-state index in [2.05, 4.69) is 6.92 Å². The van der Waals surface area contributed by atoms with Crippen LogP contribution in [0.15, 0.2) is 35.1 Å². The maximum absolute atomic E-state index is 12.3. The monoisotopic (exact) mass is 260 g/mol. The van der Waals surface area contributed by atoms with Crippen LogP contribution in [-0.2, 0) is 11.3 Å². The molecule has 1 aromatic heterocycles. The second-order valence-corrected chi connectivity index (χ2v) is 4.58. The molecule has 1 heterocycles. The Bertz CT molecular complexity index is 605. The fraction of sp³-hybridized carbons (Fsp3) is 0.400. The number of hydrogen-bond acceptors (Lipinski definition) is 3. The average molecular weight is 260 g/mol. The van der Waals surface area contributed by atoms with E-state index in [0.29, 0.717) is 24.4 Å². The van der Waals surface area contributed by atoms with Crippen molar-refractivity contribution in [2.75, 3.05) is 18.9 Å². The van der Waals surface area contributed by atoms with Crippen LogP contribution < -0.4 is 11.3 Å². The first-order valence-corrected chi connectivity index (χ1v) is 6.70. The van der Waals surface area contributed by atoms with Gasteiger partial charge in [0.1, 0.15) is 5.82 Å². The summed E-state index contributed by atoms with van der Waals surface area (Å²) >= 11 is 0. The molecular formula is C15H20N2O2. The quantitative estimate of drug-likeness (QED) is 0.811. The smallest absolute Gasteiger partial charge is 0.260 e. The van der Waals surface area contributed by atoms with Gasteiger partial charge in [-0.1, -0.05) is 31.5 Å². The Morgan fingerprint density at radius 1 is 1.26 bits per heavy atom. The first-order chi connectivity index (χ1) is 9.24. The number of aromatic nitrogens is 1. The van der Waals surface area contributed by atoms with Crippen LogP contribution in [0, 0.1) is 0 Å². The molecular weight excluding hydrogens is 240 g/mol. The highest BCUT2D eigenvalue weighted by Gasteiger charge is 2.06. The lowest BCUT2D eigenvalue weighted by molar-refractivity contribution is 0.123. The van der Waals surface area contributed by atoms with E-state index in [4.69, 9.17) is 10.5 Å². The molecule has 19 heavy (non-hydrogen) atoms. The van der Waals surface area contributed by atoms with Gasteiger partial charge in [0, 0.05) is 12.0 Å². The highest BCUT2D eigenvalue weighted by atomic mass is 16.5. The van der Waals surface area contributed by atoms with Crippen molar-refractivity contribution in [3.05, 3.63) is 40.7 Å². The van der Waals surface area contributed by atoms with Crippen LogP contribution in [0.25, 0.3) is 10.8 Å². The van der Waals surface area contributed by atoms with Gasteiger partial charge in [-0.15, -0.1) is 0 Å². The van der Waals surface area contributed by atoms with Gasteiger partial charge in [0.25, 0.3) is 5.56 Å². The van der Waals surface area contributed by atoms with Crippen molar-refractivity contribution in [2.45, 2.75) is 26.3 Å². The van der Waals surface area contributed by atoms with Crippen LogP contribution in [0.4, 0.5) is 5.82 Å². The van der Waals surface area contributed by atoms with E-state index in [1.165, 1.54) is 0 Å². The molecule has 0 amide bonds. The average Bonchev–Trinajstić information content (AvgIpc) is 2.42. The summed E-state index contributed by atoms with van der Waals surface area (Å²) in [6, 6.07) is 9.32. The highest BCUT2D eigenvalue weighted by molar-refractivity contribution is 5.83. The molecule has 0 saturated heterocycles. The molecule has 1 aromatic carbocycles. The molecule has 2 rings (SSSR count). The number of ether oxygens (including phenoxy) is 1. The Labute approximate surface area is 112 Å². The number of nitrogens with zero attached hydrogens (tertiary/aromatic N) is 1. The highest BCUT2D eigenvalue weighted by Crippen LogP contribution is 2.13. The third kappa shape index (κ3) is 3.15. The maximum Gasteiger partial charge on any atom is 0.260 e. The minimum atomic E-state index is -0.0466. The van der Waals surface area contributed by atoms with Gasteiger partial charge in [-0.3, -0.25) is 9.36 Å². The third-order valence-electron chi connectivity index (χ3n) is 3.15. The van der Waals surface area contributed by atoms with Gasteiger partial charge in [0.15, 0.2) is 0 Å². The molecule has 0 bridgehead atoms. The Morgan fingerprint density at radius 2 is 2.05 bits per heavy atom. The van der Waals surface area contributed by atoms with Crippen LogP contribution in [0.1, 0.15) is 19.8 Å². The number of hydrogen-bond donors (Lipinski definition) is 1. The van der Waals surface area contributed by atoms with Gasteiger partial charge in [0.05, 0.1) is 13.2 Å². The summed E-state index contributed by atoms with van der Waals surface area (Å²) < 4.78 is 7.06. The van der Waals surface area contributed by atoms with Crippen LogP contribution in [0.3, 0.4) is 0 Å². The van der Waals surface area contributed by atoms with Crippen molar-refractivity contribution < 1.29 is 4.74 Å². The zero-order valence-corrected chi connectivity index (χ0v) is 11.3. The number of benzene rings is 1. The van der Waals surface area contributed by atoms with Gasteiger partial charge in [-0.05, 0) is 23.9 Å². The van der Waals surface area contributed by atoms with Crippen LogP contribution in [0.5, 0.6) is 0 Å². The van der Waals surface area contributed by atoms with Crippen molar-refractivity contribution in [2.24, 2.45) is 0 Å². The van der Waals surface area contributed by atoms with Crippen molar-refractivity contribution in [3.8, 4) is 0 Å². The van der Waals surface area contributed by atoms with Gasteiger partial charge >= 0.3 is 0 Å². The molecule has 4 heteroatoms. The van der Waals surface area contributed by atoms with Gasteiger partial charge in [-0.25, -0.2) is 0 Å². The normalized spacial score (nSPS) is 11.0. The zero-order valence-electron chi connectivity index (χ0n) is 11.3. The summed E-state index contributed by atoms with van der Waals surface area (Å²) in [6.07, 6.45) is 2.15. The molecule has 2 aromatic rings. The number of anilines is 1. The predicted molar refractivity (Wildman–Crippen MR) is 78.3 cm³/mol. The minimum Gasteiger partial charge on any atom is -0.385 e. The number of pyridine rings is 1. The van der Waals surface area contributed by atoms with E-state index in [1.54, 1.807) is 4.57 Å². The summed E-state index contributed by atoms with van der Waals surface area (Å²) in [5, 5.41) is 1.58. The SMILES string of the molecule is CCCCOCCn1c(N)cc2ccccc2c1=O. The first kappa shape index (κ1) is 13.6. The molecule has 2 N–H and O–H groups in total. The Kier molecular flexibility index (Phi) is 4.58. The fourth-order valence-electron chi connectivity index (χ4n) is 2.05. The van der Waals surface area contributed by atoms with E-state index < -0.39 is 0 Å². The number of rotatable bonds is 6. The van der Waals surface area contributed by atoms with E-state index in [0.717, 1.165) is 24.8 Å². The molecule has 0 spiro atoms. The predicted octanol–water partition coefficient (Wildman–Crippen LogP) is 2.40. The van der Waals surface area contributed by atoms with E-state index >= 15 is 0 Å². The number of nitrogen functional groups attached to an aromatic ring is 1. The second-order valence-electron chi connectivity index (χ2n) is 4.58. The topological polar surface area (TPSA) is 57.2 Å². The molecule has 0 saturated carbocycles. The third-order valence-corrected chi connectivity index (χ3v) is 3.15. The van der Waals surface area contributed by atoms with Crippen LogP contribution in [0.2, 0.25) is 0 Å². The fourth-order valence-corrected chi connectivity index (χ4v) is 2.05. The van der Waals surface area contributed by atoms with Crippen LogP contribution in [-0.4, -0.2) is 17.8 Å². The molecule has 0 aliphatic rings. The number of fused-ring (bicyclic) bond motifs is 1. The van der Waals surface area contributed by atoms with Gasteiger partial charge in [-0.2, -0.15) is 0 Å². The molecule has 0 aliphatic carbocycles. The molecule has 0 aliphatic heterocycles. The van der Waals surface area contributed by atoms with Gasteiger partial charge in [0.2, 0.25) is 0 Å². The molecule has 0 radical (unpaired) electrons. The summed E-state index contributed by atoms with van der Waals surface area (Å²) in [7, 11) is 0. The lowest BCUT2D eigenvalue weighted by Gasteiger charge is -2.11. The molecule has 0 fully saturated rings. The van der Waals surface area contributed by atoms with Crippen molar-refractivity contribution in [3.63, 3.8) is 0 Å². The van der Waals surface area contributed by atoms with Crippen molar-refractivity contribution in [1.29, 1.82) is 0 Å². The molecule has 0 atom stereocenters. The standard InChI is InChI=1S/C15H20N2O2/c1-2-3-9-19-10-8-17-14(16)11-12-6-4-5-7-13(12)15(17)18/h4-7,11H,2-3,8-10,16H2,1H3. The summed E-state index contributed by atoms with van der Waals surface area (Å²) in [6.45, 7) is 3.87. The zero-order chi connectivity index (χ0) is 13.7. The van der Waals surface area contributed by atoms with E-state index in [-0.39, 0.29) is 5.56 Å². The maximum atomic E-state index is 12.3. The lowest BCUT2D eigenvalue weighted by atomic mass is 10.1. The van der Waals surface area contributed by atoms with Crippen molar-refractivity contribution in [1.82, 2.24) is 4.57 Å². The van der Waals surface area contributed by atoms with Crippen LogP contribution >= 0.6 is 0 Å².